The fourth-order valence-corrected chi connectivity index (χ4v) is 1.09. The van der Waals surface area contributed by atoms with E-state index in [0.29, 0.717) is 18.0 Å². The maximum atomic E-state index is 11.2. The van der Waals surface area contributed by atoms with Crippen LogP contribution in [-0.4, -0.2) is 17.6 Å². The molecule has 1 rings (SSSR count). The second-order valence-corrected chi connectivity index (χ2v) is 3.07. The molecular formula is C9H11ClN2O2. The molecule has 0 aliphatic rings. The van der Waals surface area contributed by atoms with E-state index in [1.165, 1.54) is 6.20 Å². The number of carbonyl (C=O) groups is 1. The number of ether oxygens (including phenoxy) is 1. The van der Waals surface area contributed by atoms with Crippen LogP contribution in [0.15, 0.2) is 18.3 Å². The highest BCUT2D eigenvalue weighted by molar-refractivity contribution is 6.29. The van der Waals surface area contributed by atoms with Gasteiger partial charge in [0.15, 0.2) is 5.38 Å². The van der Waals surface area contributed by atoms with Gasteiger partial charge in [-0.15, -0.1) is 11.6 Å². The average molecular weight is 215 g/mol. The van der Waals surface area contributed by atoms with Crippen molar-refractivity contribution in [3.63, 3.8) is 0 Å². The first-order valence-corrected chi connectivity index (χ1v) is 4.61. The van der Waals surface area contributed by atoms with Gasteiger partial charge in [0.05, 0.1) is 24.2 Å². The maximum absolute atomic E-state index is 11.2. The topological polar surface area (TPSA) is 65.2 Å². The summed E-state index contributed by atoms with van der Waals surface area (Å²) in [4.78, 5) is 15.1. The van der Waals surface area contributed by atoms with E-state index in [-0.39, 0.29) is 0 Å². The highest BCUT2D eigenvalue weighted by Gasteiger charge is 2.19. The van der Waals surface area contributed by atoms with Crippen LogP contribution in [0.2, 0.25) is 0 Å². The molecule has 0 saturated heterocycles. The van der Waals surface area contributed by atoms with E-state index in [1.54, 1.807) is 19.1 Å². The fraction of sp³-hybridized carbons (Fsp3) is 0.333. The molecule has 0 aliphatic heterocycles. The van der Waals surface area contributed by atoms with Crippen LogP contribution in [0.3, 0.4) is 0 Å². The SMILES string of the molecule is CCOC(=O)C(Cl)c1ccc(N)cn1. The highest BCUT2D eigenvalue weighted by atomic mass is 35.5. The van der Waals surface area contributed by atoms with Crippen LogP contribution >= 0.6 is 11.6 Å². The Morgan fingerprint density at radius 1 is 1.71 bits per heavy atom. The van der Waals surface area contributed by atoms with Crippen molar-refractivity contribution in [3.05, 3.63) is 24.0 Å². The summed E-state index contributed by atoms with van der Waals surface area (Å²) in [6, 6.07) is 3.24. The molecule has 0 fully saturated rings. The molecule has 4 nitrogen and oxygen atoms in total. The van der Waals surface area contributed by atoms with Gasteiger partial charge in [-0.1, -0.05) is 0 Å². The predicted octanol–water partition coefficient (Wildman–Crippen LogP) is 1.51. The number of aromatic nitrogens is 1. The number of nitrogen functional groups attached to an aromatic ring is 1. The van der Waals surface area contributed by atoms with Gasteiger partial charge in [-0.3, -0.25) is 9.78 Å². The fourth-order valence-electron chi connectivity index (χ4n) is 0.903. The largest absolute Gasteiger partial charge is 0.465 e. The van der Waals surface area contributed by atoms with Crippen LogP contribution in [0, 0.1) is 0 Å². The lowest BCUT2D eigenvalue weighted by Gasteiger charge is -2.07. The molecule has 0 radical (unpaired) electrons. The van der Waals surface area contributed by atoms with Gasteiger partial charge in [0, 0.05) is 0 Å². The molecule has 0 saturated carbocycles. The van der Waals surface area contributed by atoms with Crippen molar-refractivity contribution in [1.29, 1.82) is 0 Å². The predicted molar refractivity (Wildman–Crippen MR) is 53.9 cm³/mol. The Morgan fingerprint density at radius 3 is 2.93 bits per heavy atom. The summed E-state index contributed by atoms with van der Waals surface area (Å²) < 4.78 is 4.75. The van der Waals surface area contributed by atoms with Gasteiger partial charge >= 0.3 is 5.97 Å². The molecule has 0 amide bonds. The third-order valence-corrected chi connectivity index (χ3v) is 1.96. The Hall–Kier alpha value is -1.29. The molecule has 0 spiro atoms. The molecule has 1 atom stereocenters. The number of rotatable bonds is 3. The third-order valence-electron chi connectivity index (χ3n) is 1.56. The minimum atomic E-state index is -0.865. The summed E-state index contributed by atoms with van der Waals surface area (Å²) in [6.07, 6.45) is 1.45. The molecule has 1 aromatic heterocycles. The van der Waals surface area contributed by atoms with Crippen molar-refractivity contribution >= 4 is 23.3 Å². The van der Waals surface area contributed by atoms with Gasteiger partial charge in [-0.25, -0.2) is 0 Å². The molecule has 0 bridgehead atoms. The summed E-state index contributed by atoms with van der Waals surface area (Å²) in [7, 11) is 0. The van der Waals surface area contributed by atoms with E-state index < -0.39 is 11.3 Å². The van der Waals surface area contributed by atoms with E-state index in [4.69, 9.17) is 22.1 Å². The number of halogens is 1. The summed E-state index contributed by atoms with van der Waals surface area (Å²) in [5, 5.41) is -0.865. The van der Waals surface area contributed by atoms with Gasteiger partial charge in [-0.2, -0.15) is 0 Å². The van der Waals surface area contributed by atoms with Gasteiger partial charge in [-0.05, 0) is 19.1 Å². The lowest BCUT2D eigenvalue weighted by atomic mass is 10.2. The molecule has 0 aliphatic carbocycles. The van der Waals surface area contributed by atoms with Gasteiger partial charge in [0.1, 0.15) is 0 Å². The van der Waals surface area contributed by atoms with E-state index in [2.05, 4.69) is 4.98 Å². The summed E-state index contributed by atoms with van der Waals surface area (Å²) in [5.41, 5.74) is 6.41. The number of nitrogens with two attached hydrogens (primary N) is 1. The van der Waals surface area contributed by atoms with Crippen molar-refractivity contribution in [2.24, 2.45) is 0 Å². The molecule has 1 aromatic rings. The number of carbonyl (C=O) groups excluding carboxylic acids is 1. The normalized spacial score (nSPS) is 12.1. The molecule has 14 heavy (non-hydrogen) atoms. The van der Waals surface area contributed by atoms with Crippen molar-refractivity contribution < 1.29 is 9.53 Å². The first-order valence-electron chi connectivity index (χ1n) is 4.17. The smallest absolute Gasteiger partial charge is 0.330 e. The lowest BCUT2D eigenvalue weighted by molar-refractivity contribution is -0.142. The number of esters is 1. The number of pyridine rings is 1. The summed E-state index contributed by atoms with van der Waals surface area (Å²) >= 11 is 5.81. The van der Waals surface area contributed by atoms with Gasteiger partial charge < -0.3 is 10.5 Å². The maximum Gasteiger partial charge on any atom is 0.330 e. The third kappa shape index (κ3) is 2.60. The van der Waals surface area contributed by atoms with Crippen LogP contribution in [0.5, 0.6) is 0 Å². The molecule has 2 N–H and O–H groups in total. The Kier molecular flexibility index (Phi) is 3.71. The molecule has 1 heterocycles. The van der Waals surface area contributed by atoms with E-state index >= 15 is 0 Å². The number of nitrogens with zero attached hydrogens (tertiary/aromatic N) is 1. The van der Waals surface area contributed by atoms with Crippen molar-refractivity contribution in [2.75, 3.05) is 12.3 Å². The van der Waals surface area contributed by atoms with Gasteiger partial charge in [0.25, 0.3) is 0 Å². The average Bonchev–Trinajstić information content (AvgIpc) is 2.18. The Balaban J connectivity index is 2.73. The Morgan fingerprint density at radius 2 is 2.43 bits per heavy atom. The Labute approximate surface area is 87.0 Å². The number of hydrogen-bond donors (Lipinski definition) is 1. The minimum absolute atomic E-state index is 0.303. The molecule has 76 valence electrons. The lowest BCUT2D eigenvalue weighted by Crippen LogP contribution is -2.12. The standard InChI is InChI=1S/C9H11ClN2O2/c1-2-14-9(13)8(10)7-4-3-6(11)5-12-7/h3-5,8H,2,11H2,1H3. The van der Waals surface area contributed by atoms with E-state index in [9.17, 15) is 4.79 Å². The van der Waals surface area contributed by atoms with Crippen molar-refractivity contribution in [1.82, 2.24) is 4.98 Å². The van der Waals surface area contributed by atoms with Crippen LogP contribution < -0.4 is 5.73 Å². The Bertz CT molecular complexity index is 313. The monoisotopic (exact) mass is 214 g/mol. The molecular weight excluding hydrogens is 204 g/mol. The van der Waals surface area contributed by atoms with Gasteiger partial charge in [0.2, 0.25) is 0 Å². The van der Waals surface area contributed by atoms with Crippen molar-refractivity contribution in [2.45, 2.75) is 12.3 Å². The van der Waals surface area contributed by atoms with Crippen LogP contribution in [0.25, 0.3) is 0 Å². The summed E-state index contributed by atoms with van der Waals surface area (Å²) in [6.45, 7) is 2.02. The van der Waals surface area contributed by atoms with Crippen LogP contribution in [0.4, 0.5) is 5.69 Å². The number of anilines is 1. The number of hydrogen-bond acceptors (Lipinski definition) is 4. The molecule has 5 heteroatoms. The van der Waals surface area contributed by atoms with Crippen molar-refractivity contribution in [3.8, 4) is 0 Å². The minimum Gasteiger partial charge on any atom is -0.465 e. The second kappa shape index (κ2) is 4.81. The summed E-state index contributed by atoms with van der Waals surface area (Å²) in [5.74, 6) is -0.494. The highest BCUT2D eigenvalue weighted by Crippen LogP contribution is 2.20. The molecule has 0 aromatic carbocycles. The van der Waals surface area contributed by atoms with Crippen LogP contribution in [-0.2, 0) is 9.53 Å². The zero-order chi connectivity index (χ0) is 10.6. The molecule has 1 unspecified atom stereocenters. The van der Waals surface area contributed by atoms with E-state index in [0.717, 1.165) is 0 Å². The van der Waals surface area contributed by atoms with E-state index in [1.807, 2.05) is 0 Å². The zero-order valence-corrected chi connectivity index (χ0v) is 8.49. The number of alkyl halides is 1. The van der Waals surface area contributed by atoms with Crippen LogP contribution in [0.1, 0.15) is 18.0 Å². The quantitative estimate of drug-likeness (QED) is 0.612. The zero-order valence-electron chi connectivity index (χ0n) is 7.74. The first-order chi connectivity index (χ1) is 6.65. The second-order valence-electron chi connectivity index (χ2n) is 2.63. The first kappa shape index (κ1) is 10.8.